The summed E-state index contributed by atoms with van der Waals surface area (Å²) in [5, 5.41) is 30.3. The number of ether oxygens (including phenoxy) is 4. The van der Waals surface area contributed by atoms with Crippen LogP contribution in [-0.2, 0) is 116 Å². The van der Waals surface area contributed by atoms with Crippen molar-refractivity contribution >= 4 is 57.2 Å². The molecule has 8 aromatic rings. The number of rotatable bonds is 19. The Bertz CT molecular complexity index is 4570. The van der Waals surface area contributed by atoms with E-state index in [1.54, 1.807) is 88.5 Å². The molecule has 6 unspecified atom stereocenters. The number of hydrogen-bond acceptors (Lipinski definition) is 11. The Morgan fingerprint density at radius 1 is 0.440 bits per heavy atom. The Balaban J connectivity index is 0.000000496. The van der Waals surface area contributed by atoms with Gasteiger partial charge in [-0.25, -0.2) is 50.1 Å². The van der Waals surface area contributed by atoms with Crippen LogP contribution in [0, 0.1) is 49.6 Å². The molecule has 0 aliphatic carbocycles. The fourth-order valence-corrected chi connectivity index (χ4v) is 14.3. The van der Waals surface area contributed by atoms with Crippen LogP contribution in [-0.4, -0.2) is 83.8 Å². The predicted octanol–water partition coefficient (Wildman–Crippen LogP) is 21.6. The number of nitrogens with one attached hydrogen (secondary N) is 1. The number of carbonyl (C=O) groups excluding carboxylic acids is 1. The van der Waals surface area contributed by atoms with E-state index in [1.165, 1.54) is 48.5 Å². The van der Waals surface area contributed by atoms with E-state index >= 15 is 0 Å². The maximum Gasteiger partial charge on any atom is 0.187 e. The molecule has 116 heavy (non-hydrogen) atoms. The number of hydrogen-bond donors (Lipinski definition) is 5. The van der Waals surface area contributed by atoms with Gasteiger partial charge < -0.3 is 44.2 Å². The van der Waals surface area contributed by atoms with E-state index in [9.17, 15) is 30.8 Å². The first-order valence-electron chi connectivity index (χ1n) is 38.2. The van der Waals surface area contributed by atoms with Crippen molar-refractivity contribution in [3.63, 3.8) is 0 Å². The molecule has 0 bridgehead atoms. The van der Waals surface area contributed by atoms with Gasteiger partial charge >= 0.3 is 0 Å². The molecule has 4 aliphatic heterocycles. The summed E-state index contributed by atoms with van der Waals surface area (Å²) in [5.74, 6) is -1.14. The van der Waals surface area contributed by atoms with E-state index in [4.69, 9.17) is 65.7 Å². The molecule has 17 nitrogen and oxygen atoms in total. The SMILES string of the molecule is C.CC.CCO.CCO.CCO.CCO.[C-]#[N+]c1ccc2c(c1)COC2(CCC=NS(=O)C(C)(C)C)c1ccc(F)cc1.[C-]#[N+]c1ccc2c(c1)COC2(CCC=O)c1ccc(F)cc1.[C-]#[N+]c1ccc2c(c1)COC2(CCCC)c1ccc(F)cc1.[C-]#[N+]c1ccc2c(c1)COC2(CCCNS(=O)C(C)(C)C)c1ccc(F)cc1.[Ti]. The van der Waals surface area contributed by atoms with Gasteiger partial charge in [0.15, 0.2) is 22.7 Å². The third-order valence-corrected chi connectivity index (χ3v) is 21.0. The van der Waals surface area contributed by atoms with E-state index in [2.05, 4.69) is 35.4 Å². The van der Waals surface area contributed by atoms with Gasteiger partial charge in [0.2, 0.25) is 0 Å². The summed E-state index contributed by atoms with van der Waals surface area (Å²) in [6.07, 6.45) is 8.88. The molecule has 0 spiro atoms. The topological polar surface area (TPSA) is 211 Å². The van der Waals surface area contributed by atoms with Crippen LogP contribution in [0.5, 0.6) is 0 Å². The summed E-state index contributed by atoms with van der Waals surface area (Å²) in [5.41, 5.74) is 11.2. The van der Waals surface area contributed by atoms with Gasteiger partial charge in [-0.3, -0.25) is 0 Å². The standard InChI is InChI=1S/C22H25FN2O2S.C22H23FN2O2S.C19H18FNO.C18H14FNO2.4C2H6O.C2H6.CH4.Ti/c2*1-21(2,3)28(26)25-13-5-12-22(17-6-8-18(23)9-7-17)20-11-10-19(24-4)14-16(20)15-27-22;1-3-4-11-19(15-5-7-16(20)8-6-15)18-10-9-17(21-2)12-14(18)13-22-19;1-20-16-7-8-17-13(11-16)12-22-18(17,9-2-10-21)14-3-5-15(19)6-4-14;4*1-2-3;1-2;;/h6-11,14,25H,5,12-13,15H2,1-3H3;6-11,13-14H,5,12,15H2,1-3H3;5-10,12H,3-4,11,13H2,1H3;3-8,10-11H,2,9,12H2;4*3H,2H2,1H3;1-2H3;1H4;. The minimum atomic E-state index is -1.31. The number of aldehydes is 1. The summed E-state index contributed by atoms with van der Waals surface area (Å²) in [4.78, 5) is 24.8. The third-order valence-electron chi connectivity index (χ3n) is 18.1. The van der Waals surface area contributed by atoms with Crippen molar-refractivity contribution in [3.05, 3.63) is 306 Å². The molecule has 12 rings (SSSR count). The molecule has 8 aromatic carbocycles. The average molecular weight is 1670 g/mol. The van der Waals surface area contributed by atoms with E-state index in [1.807, 2.05) is 122 Å². The van der Waals surface area contributed by atoms with Gasteiger partial charge in [0.25, 0.3) is 0 Å². The first kappa shape index (κ1) is 104. The van der Waals surface area contributed by atoms with Gasteiger partial charge in [0, 0.05) is 67.3 Å². The van der Waals surface area contributed by atoms with Crippen LogP contribution in [0.25, 0.3) is 19.4 Å². The molecule has 622 valence electrons. The van der Waals surface area contributed by atoms with Crippen molar-refractivity contribution in [1.82, 2.24) is 4.72 Å². The largest absolute Gasteiger partial charge is 0.397 e. The van der Waals surface area contributed by atoms with Crippen molar-refractivity contribution in [2.45, 2.75) is 214 Å². The van der Waals surface area contributed by atoms with Crippen LogP contribution in [0.3, 0.4) is 0 Å². The second-order valence-corrected chi connectivity index (χ2v) is 31.9. The predicted molar refractivity (Wildman–Crippen MR) is 453 cm³/mol. The van der Waals surface area contributed by atoms with E-state index < -0.39 is 49.1 Å². The smallest absolute Gasteiger partial charge is 0.187 e. The van der Waals surface area contributed by atoms with Crippen LogP contribution in [0.4, 0.5) is 40.3 Å². The van der Waals surface area contributed by atoms with Crippen molar-refractivity contribution < 1.29 is 91.9 Å². The number of nitrogens with zero attached hydrogens (tertiary/aromatic N) is 5. The van der Waals surface area contributed by atoms with Gasteiger partial charge in [-0.2, -0.15) is 4.40 Å². The molecular formula is C92H114F4N6O11S2Ti. The minimum absolute atomic E-state index is 0. The first-order valence-corrected chi connectivity index (χ1v) is 40.4. The number of carbonyl (C=O) groups is 1. The molecule has 4 heterocycles. The van der Waals surface area contributed by atoms with Crippen molar-refractivity contribution in [3.8, 4) is 0 Å². The Morgan fingerprint density at radius 2 is 0.698 bits per heavy atom. The first-order chi connectivity index (χ1) is 54.6. The monoisotopic (exact) mass is 1670 g/mol. The van der Waals surface area contributed by atoms with Gasteiger partial charge in [-0.1, -0.05) is 162 Å². The molecule has 0 fully saturated rings. The molecule has 24 heteroatoms. The van der Waals surface area contributed by atoms with Crippen LogP contribution >= 0.6 is 0 Å². The second kappa shape index (κ2) is 51.6. The maximum absolute atomic E-state index is 13.5. The summed E-state index contributed by atoms with van der Waals surface area (Å²) >= 11 is 0. The molecule has 0 saturated carbocycles. The van der Waals surface area contributed by atoms with Crippen LogP contribution in [0.15, 0.2) is 174 Å². The van der Waals surface area contributed by atoms with Crippen molar-refractivity contribution in [2.75, 3.05) is 33.0 Å². The zero-order valence-electron chi connectivity index (χ0n) is 68.3. The van der Waals surface area contributed by atoms with E-state index in [0.717, 1.165) is 98.7 Å². The van der Waals surface area contributed by atoms with E-state index in [-0.39, 0.29) is 83.6 Å². The fourth-order valence-electron chi connectivity index (χ4n) is 13.0. The number of aliphatic hydroxyl groups excluding tert-OH is 4. The minimum Gasteiger partial charge on any atom is -0.397 e. The summed E-state index contributed by atoms with van der Waals surface area (Å²) in [6.45, 7) is 56.3. The Kier molecular flexibility index (Phi) is 46.0. The molecule has 6 atom stereocenters. The Hall–Kier alpha value is -8.57. The number of halogens is 4. The molecule has 4 aliphatic rings. The Labute approximate surface area is 705 Å². The normalized spacial score (nSPS) is 17.7. The molecular weight excluding hydrogens is 1550 g/mol. The number of unbranched alkanes of at least 4 members (excludes halogenated alkanes) is 1. The fraction of sp³-hybridized carbons (Fsp3) is 0.413. The second-order valence-electron chi connectivity index (χ2n) is 27.9. The molecule has 0 radical (unpaired) electrons. The van der Waals surface area contributed by atoms with Gasteiger partial charge in [-0.05, 0) is 223 Å². The third kappa shape index (κ3) is 28.3. The number of benzene rings is 8. The van der Waals surface area contributed by atoms with Crippen LogP contribution < -0.4 is 4.72 Å². The van der Waals surface area contributed by atoms with Gasteiger partial charge in [0.1, 0.15) is 62.9 Å². The molecule has 0 saturated heterocycles. The molecule has 5 N–H and O–H groups in total. The van der Waals surface area contributed by atoms with Crippen molar-refractivity contribution in [1.29, 1.82) is 0 Å². The van der Waals surface area contributed by atoms with Gasteiger partial charge in [0.05, 0.1) is 73.2 Å². The van der Waals surface area contributed by atoms with Crippen LogP contribution in [0.1, 0.15) is 222 Å². The summed E-state index contributed by atoms with van der Waals surface area (Å²) < 4.78 is 109. The number of fused-ring (bicyclic) bond motifs is 4. The van der Waals surface area contributed by atoms with Crippen LogP contribution in [0.2, 0.25) is 0 Å². The van der Waals surface area contributed by atoms with Crippen molar-refractivity contribution in [2.24, 2.45) is 4.40 Å². The average Bonchev–Trinajstić information content (AvgIpc) is 1.61. The zero-order chi connectivity index (χ0) is 84.7. The maximum atomic E-state index is 13.5. The Morgan fingerprint density at radius 3 is 0.940 bits per heavy atom. The summed E-state index contributed by atoms with van der Waals surface area (Å²) in [6, 6.07) is 47.8. The molecule has 0 aromatic heterocycles. The molecule has 0 amide bonds. The number of aliphatic hydroxyl groups is 4. The summed E-state index contributed by atoms with van der Waals surface area (Å²) in [7, 11) is -2.43. The van der Waals surface area contributed by atoms with E-state index in [0.29, 0.717) is 87.8 Å². The zero-order valence-corrected chi connectivity index (χ0v) is 71.5. The quantitative estimate of drug-likeness (QED) is 0.0128. The van der Waals surface area contributed by atoms with Gasteiger partial charge in [-0.15, -0.1) is 0 Å².